The number of hydrogen-bond acceptors (Lipinski definition) is 6. The van der Waals surface area contributed by atoms with Crippen molar-refractivity contribution in [1.29, 1.82) is 0 Å². The summed E-state index contributed by atoms with van der Waals surface area (Å²) in [4.78, 5) is 6.39. The molecule has 0 spiro atoms. The van der Waals surface area contributed by atoms with Crippen LogP contribution in [-0.2, 0) is 0 Å². The molecule has 7 heteroatoms. The van der Waals surface area contributed by atoms with Crippen molar-refractivity contribution in [3.05, 3.63) is 72.0 Å². The predicted molar refractivity (Wildman–Crippen MR) is 127 cm³/mol. The molecule has 30 heavy (non-hydrogen) atoms. The molecule has 0 saturated heterocycles. The Bertz CT molecular complexity index is 867. The summed E-state index contributed by atoms with van der Waals surface area (Å²) in [5.74, 6) is -0.0390. The first-order chi connectivity index (χ1) is 14.0. The summed E-state index contributed by atoms with van der Waals surface area (Å²) in [5, 5.41) is 6.25. The second kappa shape index (κ2) is 11.2. The molecule has 0 bridgehead atoms. The third kappa shape index (κ3) is 6.77. The average Bonchev–Trinajstić information content (AvgIpc) is 2.66. The van der Waals surface area contributed by atoms with Gasteiger partial charge in [-0.15, -0.1) is 0 Å². The molecule has 1 aromatic rings. The van der Waals surface area contributed by atoms with Crippen LogP contribution in [-0.4, -0.2) is 29.0 Å². The molecular formula is C23H35FN6. The summed E-state index contributed by atoms with van der Waals surface area (Å²) in [6.07, 6.45) is 7.70. The summed E-state index contributed by atoms with van der Waals surface area (Å²) in [6.45, 7) is 17.3. The Morgan fingerprint density at radius 2 is 1.90 bits per heavy atom. The van der Waals surface area contributed by atoms with Gasteiger partial charge in [-0.2, -0.15) is 0 Å². The lowest BCUT2D eigenvalue weighted by atomic mass is 10.1. The van der Waals surface area contributed by atoms with E-state index in [-0.39, 0.29) is 23.6 Å². The van der Waals surface area contributed by atoms with E-state index in [2.05, 4.69) is 28.8 Å². The first-order valence-electron chi connectivity index (χ1n) is 9.85. The summed E-state index contributed by atoms with van der Waals surface area (Å²) in [7, 11) is 1.94. The molecule has 1 rings (SSSR count). The number of pyridine rings is 1. The van der Waals surface area contributed by atoms with Gasteiger partial charge in [0.1, 0.15) is 5.82 Å². The third-order valence-electron chi connectivity index (χ3n) is 4.53. The minimum absolute atomic E-state index is 0.0953. The second-order valence-corrected chi connectivity index (χ2v) is 7.30. The standard InChI is InChI=1S/C23H35FN6/c1-9-11-30(8)21(14(3)4)12-18(10-2)28-22-19(16(6)26)13-20(24)23(29-22)27-17(7)15(5)25/h9-13,15,17H,3,6,25-26H2,1-2,4-5,7-8H3,(H2,27,28,29)/b11-9-,18-10+,21-12+. The predicted octanol–water partition coefficient (Wildman–Crippen LogP) is 4.54. The highest BCUT2D eigenvalue weighted by atomic mass is 19.1. The number of nitrogens with zero attached hydrogens (tertiary/aromatic N) is 2. The molecule has 2 unspecified atom stereocenters. The molecule has 164 valence electrons. The quantitative estimate of drug-likeness (QED) is 0.420. The highest BCUT2D eigenvalue weighted by Gasteiger charge is 2.17. The van der Waals surface area contributed by atoms with Gasteiger partial charge in [0.2, 0.25) is 0 Å². The van der Waals surface area contributed by atoms with Crippen molar-refractivity contribution in [3.8, 4) is 0 Å². The van der Waals surface area contributed by atoms with Crippen LogP contribution in [0.3, 0.4) is 0 Å². The van der Waals surface area contributed by atoms with E-state index in [1.54, 1.807) is 0 Å². The van der Waals surface area contributed by atoms with E-state index < -0.39 is 5.82 Å². The van der Waals surface area contributed by atoms with Crippen LogP contribution in [0, 0.1) is 5.82 Å². The van der Waals surface area contributed by atoms with Gasteiger partial charge in [0.05, 0.1) is 0 Å². The summed E-state index contributed by atoms with van der Waals surface area (Å²) in [6, 6.07) is 0.967. The Morgan fingerprint density at radius 1 is 1.27 bits per heavy atom. The molecule has 1 aromatic heterocycles. The maximum absolute atomic E-state index is 14.6. The Labute approximate surface area is 179 Å². The number of likely N-dealkylation sites (N-methyl/N-ethyl adjacent to an activating group) is 1. The molecule has 0 radical (unpaired) electrons. The monoisotopic (exact) mass is 414 g/mol. The van der Waals surface area contributed by atoms with Crippen LogP contribution in [0.25, 0.3) is 5.70 Å². The molecular weight excluding hydrogens is 379 g/mol. The van der Waals surface area contributed by atoms with Crippen LogP contribution in [0.1, 0.15) is 40.2 Å². The minimum Gasteiger partial charge on any atom is -0.399 e. The molecule has 0 saturated carbocycles. The SMILES string of the molecule is C=C(C)/C(=C\C(=C/C)Nc1nc(NC(C)C(C)N)c(F)cc1C(=C)N)N(C)/C=C\C. The Hall–Kier alpha value is -3.06. The average molecular weight is 415 g/mol. The van der Waals surface area contributed by atoms with E-state index in [4.69, 9.17) is 11.5 Å². The zero-order valence-corrected chi connectivity index (χ0v) is 18.9. The topological polar surface area (TPSA) is 92.2 Å². The highest BCUT2D eigenvalue weighted by molar-refractivity contribution is 5.74. The molecule has 0 fully saturated rings. The Morgan fingerprint density at radius 3 is 2.37 bits per heavy atom. The molecule has 0 amide bonds. The van der Waals surface area contributed by atoms with Crippen LogP contribution < -0.4 is 22.1 Å². The van der Waals surface area contributed by atoms with E-state index in [1.165, 1.54) is 6.07 Å². The van der Waals surface area contributed by atoms with Crippen molar-refractivity contribution in [1.82, 2.24) is 9.88 Å². The van der Waals surface area contributed by atoms with Gasteiger partial charge in [-0.1, -0.05) is 25.3 Å². The number of halogens is 1. The molecule has 6 nitrogen and oxygen atoms in total. The van der Waals surface area contributed by atoms with Gasteiger partial charge in [0, 0.05) is 41.8 Å². The molecule has 0 aliphatic rings. The number of allylic oxidation sites excluding steroid dienone is 4. The Balaban J connectivity index is 3.41. The van der Waals surface area contributed by atoms with Crippen molar-refractivity contribution in [2.45, 2.75) is 46.7 Å². The maximum atomic E-state index is 14.6. The van der Waals surface area contributed by atoms with E-state index in [9.17, 15) is 4.39 Å². The number of hydrogen-bond donors (Lipinski definition) is 4. The van der Waals surface area contributed by atoms with Crippen molar-refractivity contribution >= 4 is 17.3 Å². The first kappa shape index (κ1) is 25.0. The van der Waals surface area contributed by atoms with Crippen molar-refractivity contribution in [2.24, 2.45) is 11.5 Å². The fourth-order valence-corrected chi connectivity index (χ4v) is 2.58. The molecule has 0 aliphatic carbocycles. The van der Waals surface area contributed by atoms with E-state index >= 15 is 0 Å². The molecule has 2 atom stereocenters. The lowest BCUT2D eigenvalue weighted by Gasteiger charge is -2.22. The third-order valence-corrected chi connectivity index (χ3v) is 4.53. The lowest BCUT2D eigenvalue weighted by molar-refractivity contribution is 0.577. The van der Waals surface area contributed by atoms with E-state index in [1.807, 2.05) is 71.0 Å². The molecule has 1 heterocycles. The van der Waals surface area contributed by atoms with Crippen molar-refractivity contribution in [3.63, 3.8) is 0 Å². The van der Waals surface area contributed by atoms with Gasteiger partial charge in [-0.3, -0.25) is 0 Å². The van der Waals surface area contributed by atoms with Gasteiger partial charge in [-0.25, -0.2) is 9.37 Å². The van der Waals surface area contributed by atoms with Crippen LogP contribution in [0.5, 0.6) is 0 Å². The van der Waals surface area contributed by atoms with Gasteiger partial charge in [0.25, 0.3) is 0 Å². The zero-order chi connectivity index (χ0) is 23.0. The zero-order valence-electron chi connectivity index (χ0n) is 18.9. The largest absolute Gasteiger partial charge is 0.399 e. The number of aromatic nitrogens is 1. The van der Waals surface area contributed by atoms with Crippen LogP contribution in [0.15, 0.2) is 60.6 Å². The summed E-state index contributed by atoms with van der Waals surface area (Å²) in [5.41, 5.74) is 14.9. The van der Waals surface area contributed by atoms with Crippen molar-refractivity contribution in [2.75, 3.05) is 17.7 Å². The lowest BCUT2D eigenvalue weighted by Crippen LogP contribution is -2.35. The Kier molecular flexibility index (Phi) is 9.33. The van der Waals surface area contributed by atoms with Gasteiger partial charge in [0.15, 0.2) is 11.6 Å². The fourth-order valence-electron chi connectivity index (χ4n) is 2.58. The second-order valence-electron chi connectivity index (χ2n) is 7.30. The van der Waals surface area contributed by atoms with Crippen LogP contribution >= 0.6 is 0 Å². The van der Waals surface area contributed by atoms with Gasteiger partial charge in [-0.05, 0) is 58.5 Å². The van der Waals surface area contributed by atoms with Crippen molar-refractivity contribution < 1.29 is 4.39 Å². The molecule has 0 aliphatic heterocycles. The van der Waals surface area contributed by atoms with Gasteiger partial charge >= 0.3 is 0 Å². The highest BCUT2D eigenvalue weighted by Crippen LogP contribution is 2.26. The number of nitrogens with two attached hydrogens (primary N) is 2. The fraction of sp³-hybridized carbons (Fsp3) is 0.348. The first-order valence-corrected chi connectivity index (χ1v) is 9.85. The number of rotatable bonds is 10. The summed E-state index contributed by atoms with van der Waals surface area (Å²) >= 11 is 0. The normalized spacial score (nSPS) is 14.4. The minimum atomic E-state index is -0.525. The van der Waals surface area contributed by atoms with Crippen LogP contribution in [0.2, 0.25) is 0 Å². The smallest absolute Gasteiger partial charge is 0.166 e. The maximum Gasteiger partial charge on any atom is 0.166 e. The number of nitrogens with one attached hydrogen (secondary N) is 2. The number of anilines is 2. The van der Waals surface area contributed by atoms with E-state index in [0.29, 0.717) is 11.4 Å². The van der Waals surface area contributed by atoms with Crippen LogP contribution in [0.4, 0.5) is 16.0 Å². The molecule has 6 N–H and O–H groups in total. The summed E-state index contributed by atoms with van der Waals surface area (Å²) < 4.78 is 14.6. The molecule has 0 aromatic carbocycles. The van der Waals surface area contributed by atoms with Gasteiger partial charge < -0.3 is 27.0 Å². The van der Waals surface area contributed by atoms with E-state index in [0.717, 1.165) is 17.0 Å².